The van der Waals surface area contributed by atoms with Crippen molar-refractivity contribution in [2.24, 2.45) is 11.8 Å². The number of ether oxygens (including phenoxy) is 1. The summed E-state index contributed by atoms with van der Waals surface area (Å²) in [6.45, 7) is 7.30. The molecule has 1 fully saturated rings. The van der Waals surface area contributed by atoms with E-state index in [4.69, 9.17) is 14.4 Å². The Kier molecular flexibility index (Phi) is 7.43. The fourth-order valence-corrected chi connectivity index (χ4v) is 4.14. The number of hydrogen-bond acceptors (Lipinski definition) is 4. The number of hydrogen-bond donors (Lipinski definition) is 1. The molecule has 5 nitrogen and oxygen atoms in total. The van der Waals surface area contributed by atoms with Gasteiger partial charge in [-0.15, -0.1) is 0 Å². The highest BCUT2D eigenvalue weighted by molar-refractivity contribution is 5.91. The van der Waals surface area contributed by atoms with Gasteiger partial charge in [-0.1, -0.05) is 32.9 Å². The lowest BCUT2D eigenvalue weighted by molar-refractivity contribution is 0.0913. The number of nitrogens with one attached hydrogen (secondary N) is 1. The predicted molar refractivity (Wildman–Crippen MR) is 121 cm³/mol. The highest BCUT2D eigenvalue weighted by Gasteiger charge is 2.23. The van der Waals surface area contributed by atoms with Gasteiger partial charge in [-0.3, -0.25) is 4.79 Å². The van der Waals surface area contributed by atoms with E-state index >= 15 is 0 Å². The Labute approximate surface area is 185 Å². The van der Waals surface area contributed by atoms with Gasteiger partial charge in [-0.2, -0.15) is 5.26 Å². The van der Waals surface area contributed by atoms with Crippen molar-refractivity contribution in [3.05, 3.63) is 53.0 Å². The second-order valence-corrected chi connectivity index (χ2v) is 9.26. The predicted octanol–water partition coefficient (Wildman–Crippen LogP) is 5.63. The van der Waals surface area contributed by atoms with Crippen LogP contribution in [0.2, 0.25) is 0 Å². The minimum absolute atomic E-state index is 0.0849. The van der Waals surface area contributed by atoms with Crippen LogP contribution in [0.5, 0.6) is 5.75 Å². The van der Waals surface area contributed by atoms with Crippen LogP contribution in [0.4, 0.5) is 0 Å². The van der Waals surface area contributed by atoms with Gasteiger partial charge in [0.1, 0.15) is 11.5 Å². The first-order valence-corrected chi connectivity index (χ1v) is 11.3. The smallest absolute Gasteiger partial charge is 0.287 e. The Morgan fingerprint density at radius 1 is 1.23 bits per heavy atom. The number of benzene rings is 1. The lowest BCUT2D eigenvalue weighted by atomic mass is 9.81. The Hall–Kier alpha value is -2.74. The molecule has 0 saturated heterocycles. The molecule has 1 heterocycles. The van der Waals surface area contributed by atoms with Crippen LogP contribution in [0.3, 0.4) is 0 Å². The second kappa shape index (κ2) is 10.0. The molecule has 1 aliphatic carbocycles. The number of carbonyl (C=O) groups is 1. The van der Waals surface area contributed by atoms with E-state index in [1.165, 1.54) is 5.56 Å². The number of methoxy groups -OCH3 is 1. The minimum Gasteiger partial charge on any atom is -0.496 e. The monoisotopic (exact) mass is 422 g/mol. The standard InChI is InChI=1S/C26H34N2O3/c1-5-26(2,3)21-10-12-23(30-4)20(14-21)15-22-11-13-24(31-22)25(29)28-17-19-8-6-18(16-27)7-9-19/h10-14,18-19H,5-9,15,17H2,1-4H3,(H,28,29). The summed E-state index contributed by atoms with van der Waals surface area (Å²) in [6, 6.07) is 12.3. The lowest BCUT2D eigenvalue weighted by Gasteiger charge is -2.24. The molecule has 1 aliphatic rings. The lowest BCUT2D eigenvalue weighted by Crippen LogP contribution is -2.31. The Bertz CT molecular complexity index is 930. The molecule has 3 rings (SSSR count). The number of nitriles is 1. The Balaban J connectivity index is 1.62. The van der Waals surface area contributed by atoms with Crippen molar-refractivity contribution in [3.8, 4) is 11.8 Å². The van der Waals surface area contributed by atoms with Crippen LogP contribution >= 0.6 is 0 Å². The molecule has 0 atom stereocenters. The maximum Gasteiger partial charge on any atom is 0.287 e. The van der Waals surface area contributed by atoms with Crippen LogP contribution in [-0.2, 0) is 11.8 Å². The van der Waals surface area contributed by atoms with Gasteiger partial charge in [-0.05, 0) is 67.2 Å². The molecule has 1 aromatic carbocycles. The number of nitrogens with zero attached hydrogens (tertiary/aromatic N) is 1. The van der Waals surface area contributed by atoms with Gasteiger partial charge in [0, 0.05) is 24.4 Å². The van der Waals surface area contributed by atoms with Gasteiger partial charge in [0.2, 0.25) is 0 Å². The zero-order chi connectivity index (χ0) is 22.4. The molecular weight excluding hydrogens is 388 g/mol. The average molecular weight is 423 g/mol. The highest BCUT2D eigenvalue weighted by Crippen LogP contribution is 2.32. The Morgan fingerprint density at radius 3 is 2.61 bits per heavy atom. The summed E-state index contributed by atoms with van der Waals surface area (Å²) in [4.78, 5) is 12.5. The summed E-state index contributed by atoms with van der Waals surface area (Å²) in [5.74, 6) is 2.34. The molecule has 0 bridgehead atoms. The van der Waals surface area contributed by atoms with Crippen molar-refractivity contribution < 1.29 is 13.9 Å². The van der Waals surface area contributed by atoms with Crippen molar-refractivity contribution in [3.63, 3.8) is 0 Å². The molecule has 166 valence electrons. The van der Waals surface area contributed by atoms with Crippen molar-refractivity contribution in [2.75, 3.05) is 13.7 Å². The van der Waals surface area contributed by atoms with Gasteiger partial charge >= 0.3 is 0 Å². The van der Waals surface area contributed by atoms with Gasteiger partial charge < -0.3 is 14.5 Å². The van der Waals surface area contributed by atoms with E-state index in [0.29, 0.717) is 24.6 Å². The van der Waals surface area contributed by atoms with E-state index in [2.05, 4.69) is 44.3 Å². The molecule has 1 saturated carbocycles. The summed E-state index contributed by atoms with van der Waals surface area (Å²) < 4.78 is 11.4. The Morgan fingerprint density at radius 2 is 1.97 bits per heavy atom. The normalized spacial score (nSPS) is 18.9. The SMILES string of the molecule is CCC(C)(C)c1ccc(OC)c(Cc2ccc(C(=O)NCC3CCC(C#N)CC3)o2)c1. The molecule has 31 heavy (non-hydrogen) atoms. The van der Waals surface area contributed by atoms with Crippen LogP contribution < -0.4 is 10.1 Å². The van der Waals surface area contributed by atoms with Gasteiger partial charge in [0.15, 0.2) is 5.76 Å². The van der Waals surface area contributed by atoms with E-state index in [0.717, 1.165) is 49.2 Å². The van der Waals surface area contributed by atoms with E-state index < -0.39 is 0 Å². The zero-order valence-electron chi connectivity index (χ0n) is 19.2. The first kappa shape index (κ1) is 22.9. The maximum absolute atomic E-state index is 12.5. The molecule has 0 unspecified atom stereocenters. The van der Waals surface area contributed by atoms with E-state index in [9.17, 15) is 4.79 Å². The molecule has 0 aliphatic heterocycles. The third-order valence-electron chi connectivity index (χ3n) is 6.78. The molecule has 2 aromatic rings. The molecule has 1 amide bonds. The number of furan rings is 1. The van der Waals surface area contributed by atoms with Gasteiger partial charge in [0.25, 0.3) is 5.91 Å². The fraction of sp³-hybridized carbons (Fsp3) is 0.538. The van der Waals surface area contributed by atoms with Crippen molar-refractivity contribution in [2.45, 2.75) is 64.7 Å². The number of rotatable bonds is 8. The first-order valence-electron chi connectivity index (χ1n) is 11.3. The average Bonchev–Trinajstić information content (AvgIpc) is 3.26. The summed E-state index contributed by atoms with van der Waals surface area (Å²) in [7, 11) is 1.68. The van der Waals surface area contributed by atoms with Crippen LogP contribution in [0.25, 0.3) is 0 Å². The summed E-state index contributed by atoms with van der Waals surface area (Å²) in [5.41, 5.74) is 2.40. The van der Waals surface area contributed by atoms with Gasteiger partial charge in [0.05, 0.1) is 13.2 Å². The van der Waals surface area contributed by atoms with Crippen LogP contribution in [-0.4, -0.2) is 19.6 Å². The molecule has 1 N–H and O–H groups in total. The molecule has 0 spiro atoms. The van der Waals surface area contributed by atoms with E-state index in [1.54, 1.807) is 13.2 Å². The third kappa shape index (κ3) is 5.70. The second-order valence-electron chi connectivity index (χ2n) is 9.26. The van der Waals surface area contributed by atoms with E-state index in [1.807, 2.05) is 12.1 Å². The molecular formula is C26H34N2O3. The minimum atomic E-state index is -0.179. The number of carbonyl (C=O) groups excluding carboxylic acids is 1. The molecule has 1 aromatic heterocycles. The highest BCUT2D eigenvalue weighted by atomic mass is 16.5. The van der Waals surface area contributed by atoms with Crippen LogP contribution in [0, 0.1) is 23.2 Å². The fourth-order valence-electron chi connectivity index (χ4n) is 4.14. The zero-order valence-corrected chi connectivity index (χ0v) is 19.2. The van der Waals surface area contributed by atoms with Crippen molar-refractivity contribution in [1.29, 1.82) is 5.26 Å². The first-order chi connectivity index (χ1) is 14.9. The quantitative estimate of drug-likeness (QED) is 0.598. The summed E-state index contributed by atoms with van der Waals surface area (Å²) in [6.07, 6.45) is 5.46. The third-order valence-corrected chi connectivity index (χ3v) is 6.78. The van der Waals surface area contributed by atoms with E-state index in [-0.39, 0.29) is 17.2 Å². The molecule has 5 heteroatoms. The summed E-state index contributed by atoms with van der Waals surface area (Å²) >= 11 is 0. The van der Waals surface area contributed by atoms with Crippen molar-refractivity contribution in [1.82, 2.24) is 5.32 Å². The number of amides is 1. The van der Waals surface area contributed by atoms with Crippen LogP contribution in [0.15, 0.2) is 34.7 Å². The summed E-state index contributed by atoms with van der Waals surface area (Å²) in [5, 5.41) is 12.0. The molecule has 0 radical (unpaired) electrons. The maximum atomic E-state index is 12.5. The van der Waals surface area contributed by atoms with Gasteiger partial charge in [-0.25, -0.2) is 0 Å². The topological polar surface area (TPSA) is 75.3 Å². The van der Waals surface area contributed by atoms with Crippen LogP contribution in [0.1, 0.15) is 80.3 Å². The van der Waals surface area contributed by atoms with Crippen molar-refractivity contribution >= 4 is 5.91 Å². The largest absolute Gasteiger partial charge is 0.496 e.